The minimum Gasteiger partial charge on any atom is -0.490 e. The summed E-state index contributed by atoms with van der Waals surface area (Å²) in [4.78, 5) is 10.3. The van der Waals surface area contributed by atoms with E-state index in [0.717, 1.165) is 11.6 Å². The highest BCUT2D eigenvalue weighted by Gasteiger charge is 2.34. The Morgan fingerprint density at radius 2 is 2.08 bits per heavy atom. The molecule has 3 heterocycles. The van der Waals surface area contributed by atoms with Crippen LogP contribution in [0.2, 0.25) is 0 Å². The van der Waals surface area contributed by atoms with Crippen LogP contribution in [-0.2, 0) is 10.9 Å². The normalized spacial score (nSPS) is 19.8. The number of aromatic nitrogens is 3. The Balaban J connectivity index is 1.76. The van der Waals surface area contributed by atoms with E-state index in [1.807, 2.05) is 24.3 Å². The average Bonchev–Trinajstić information content (AvgIpc) is 3.08. The summed E-state index contributed by atoms with van der Waals surface area (Å²) in [5.41, 5.74) is 0.0970. The number of H-pyrrole nitrogens is 1. The molecule has 3 aromatic rings. The van der Waals surface area contributed by atoms with Crippen LogP contribution in [0.1, 0.15) is 17.3 Å². The lowest BCUT2D eigenvalue weighted by Crippen LogP contribution is -2.36. The zero-order chi connectivity index (χ0) is 18.3. The molecule has 26 heavy (non-hydrogen) atoms. The molecular weight excluding hydrogens is 349 g/mol. The molecular formula is C17H15F3N4O2. The maximum atomic E-state index is 13.0. The van der Waals surface area contributed by atoms with Crippen LogP contribution in [0.25, 0.3) is 11.0 Å². The van der Waals surface area contributed by atoms with Crippen LogP contribution in [0, 0.1) is 0 Å². The number of nitrogens with zero attached hydrogens (tertiary/aromatic N) is 2. The highest BCUT2D eigenvalue weighted by molar-refractivity contribution is 5.88. The Kier molecular flexibility index (Phi) is 3.95. The van der Waals surface area contributed by atoms with E-state index >= 15 is 0 Å². The number of alkyl halides is 3. The lowest BCUT2D eigenvalue weighted by molar-refractivity contribution is -0.140. The van der Waals surface area contributed by atoms with Crippen molar-refractivity contribution < 1.29 is 22.6 Å². The number of methoxy groups -OCH3 is 1. The summed E-state index contributed by atoms with van der Waals surface area (Å²) in [6.45, 7) is 0.320. The molecule has 0 spiro atoms. The maximum Gasteiger partial charge on any atom is 0.431 e. The van der Waals surface area contributed by atoms with Crippen LogP contribution in [0.5, 0.6) is 5.75 Å². The van der Waals surface area contributed by atoms with E-state index in [9.17, 15) is 13.2 Å². The van der Waals surface area contributed by atoms with E-state index in [2.05, 4.69) is 20.3 Å². The fourth-order valence-electron chi connectivity index (χ4n) is 3.07. The van der Waals surface area contributed by atoms with Gasteiger partial charge in [-0.3, -0.25) is 0 Å². The molecule has 1 aliphatic heterocycles. The molecule has 0 saturated carbocycles. The van der Waals surface area contributed by atoms with Gasteiger partial charge < -0.3 is 19.8 Å². The van der Waals surface area contributed by atoms with Crippen molar-refractivity contribution in [1.29, 1.82) is 0 Å². The van der Waals surface area contributed by atoms with E-state index in [1.165, 1.54) is 6.33 Å². The largest absolute Gasteiger partial charge is 0.490 e. The minimum atomic E-state index is -4.49. The number of anilines is 1. The van der Waals surface area contributed by atoms with Crippen molar-refractivity contribution in [3.05, 3.63) is 47.9 Å². The topological polar surface area (TPSA) is 72.1 Å². The molecule has 0 saturated heterocycles. The van der Waals surface area contributed by atoms with Crippen LogP contribution in [0.15, 0.2) is 36.7 Å². The van der Waals surface area contributed by atoms with Crippen molar-refractivity contribution in [2.75, 3.05) is 19.0 Å². The van der Waals surface area contributed by atoms with Crippen LogP contribution in [0.4, 0.5) is 19.0 Å². The molecule has 9 heteroatoms. The SMILES string of the molecule is CO[C@@H]1COc2ccccc2[C@H]1Nc1ncnc2[nH]c(C(F)(F)F)cc12. The summed E-state index contributed by atoms with van der Waals surface area (Å²) in [6.07, 6.45) is -3.59. The third-order valence-corrected chi connectivity index (χ3v) is 4.35. The second-order valence-corrected chi connectivity index (χ2v) is 5.91. The second-order valence-electron chi connectivity index (χ2n) is 5.91. The molecule has 136 valence electrons. The number of para-hydroxylation sites is 1. The number of halogens is 3. The number of hydrogen-bond donors (Lipinski definition) is 2. The maximum absolute atomic E-state index is 13.0. The van der Waals surface area contributed by atoms with Crippen molar-refractivity contribution >= 4 is 16.9 Å². The standard InChI is InChI=1S/C17H15F3N4O2/c1-25-12-7-26-11-5-3-2-4-9(11)14(12)24-16-10-6-13(17(18,19)20)23-15(10)21-8-22-16/h2-6,8,12,14H,7H2,1H3,(H2,21,22,23,24)/t12-,14-/m1/s1. The molecule has 2 atom stereocenters. The summed E-state index contributed by atoms with van der Waals surface area (Å²) in [6, 6.07) is 8.12. The molecule has 2 N–H and O–H groups in total. The van der Waals surface area contributed by atoms with Crippen molar-refractivity contribution in [3.63, 3.8) is 0 Å². The number of benzene rings is 1. The van der Waals surface area contributed by atoms with Crippen LogP contribution in [-0.4, -0.2) is 34.8 Å². The van der Waals surface area contributed by atoms with Gasteiger partial charge in [0, 0.05) is 12.7 Å². The van der Waals surface area contributed by atoms with E-state index in [-0.39, 0.29) is 23.2 Å². The first-order valence-electron chi connectivity index (χ1n) is 7.89. The Morgan fingerprint density at radius 1 is 1.27 bits per heavy atom. The molecule has 0 unspecified atom stereocenters. The van der Waals surface area contributed by atoms with E-state index < -0.39 is 11.9 Å². The molecule has 1 aliphatic rings. The molecule has 0 amide bonds. The van der Waals surface area contributed by atoms with Gasteiger partial charge in [-0.15, -0.1) is 0 Å². The van der Waals surface area contributed by atoms with Gasteiger partial charge in [-0.05, 0) is 12.1 Å². The predicted molar refractivity (Wildman–Crippen MR) is 88.0 cm³/mol. The van der Waals surface area contributed by atoms with Crippen molar-refractivity contribution in [1.82, 2.24) is 15.0 Å². The monoisotopic (exact) mass is 364 g/mol. The van der Waals surface area contributed by atoms with Crippen molar-refractivity contribution in [2.24, 2.45) is 0 Å². The van der Waals surface area contributed by atoms with Gasteiger partial charge in [0.05, 0.1) is 11.4 Å². The quantitative estimate of drug-likeness (QED) is 0.744. The Hall–Kier alpha value is -2.81. The van der Waals surface area contributed by atoms with Crippen molar-refractivity contribution in [3.8, 4) is 5.75 Å². The van der Waals surface area contributed by atoms with Gasteiger partial charge in [-0.25, -0.2) is 9.97 Å². The number of rotatable bonds is 3. The Bertz CT molecular complexity index is 941. The molecule has 0 fully saturated rings. The fourth-order valence-corrected chi connectivity index (χ4v) is 3.07. The number of nitrogens with one attached hydrogen (secondary N) is 2. The highest BCUT2D eigenvalue weighted by atomic mass is 19.4. The van der Waals surface area contributed by atoms with Gasteiger partial charge in [0.15, 0.2) is 0 Å². The van der Waals surface area contributed by atoms with Crippen molar-refractivity contribution in [2.45, 2.75) is 18.3 Å². The number of ether oxygens (including phenoxy) is 2. The second kappa shape index (κ2) is 6.17. The first-order chi connectivity index (χ1) is 12.5. The minimum absolute atomic E-state index is 0.115. The first-order valence-corrected chi connectivity index (χ1v) is 7.89. The van der Waals surface area contributed by atoms with Gasteiger partial charge in [0.1, 0.15) is 41.9 Å². The number of aromatic amines is 1. The van der Waals surface area contributed by atoms with Gasteiger partial charge >= 0.3 is 6.18 Å². The van der Waals surface area contributed by atoms with Gasteiger partial charge in [0.2, 0.25) is 0 Å². The van der Waals surface area contributed by atoms with Crippen LogP contribution >= 0.6 is 0 Å². The molecule has 2 aromatic heterocycles. The van der Waals surface area contributed by atoms with Crippen LogP contribution < -0.4 is 10.1 Å². The summed E-state index contributed by atoms with van der Waals surface area (Å²) in [5, 5.41) is 3.47. The smallest absolute Gasteiger partial charge is 0.431 e. The van der Waals surface area contributed by atoms with E-state index in [1.54, 1.807) is 7.11 Å². The average molecular weight is 364 g/mol. The third-order valence-electron chi connectivity index (χ3n) is 4.35. The van der Waals surface area contributed by atoms with E-state index in [0.29, 0.717) is 18.2 Å². The number of fused-ring (bicyclic) bond motifs is 2. The summed E-state index contributed by atoms with van der Waals surface area (Å²) >= 11 is 0. The molecule has 4 rings (SSSR count). The molecule has 0 aliphatic carbocycles. The first kappa shape index (κ1) is 16.6. The van der Waals surface area contributed by atoms with Gasteiger partial charge in [-0.2, -0.15) is 13.2 Å². The molecule has 0 bridgehead atoms. The fraction of sp³-hybridized carbons (Fsp3) is 0.294. The summed E-state index contributed by atoms with van der Waals surface area (Å²) < 4.78 is 50.1. The van der Waals surface area contributed by atoms with Crippen LogP contribution in [0.3, 0.4) is 0 Å². The Labute approximate surface area is 146 Å². The zero-order valence-electron chi connectivity index (χ0n) is 13.7. The molecule has 0 radical (unpaired) electrons. The summed E-state index contributed by atoms with van der Waals surface area (Å²) in [5.74, 6) is 0.999. The number of hydrogen-bond acceptors (Lipinski definition) is 5. The predicted octanol–water partition coefficient (Wildman–Crippen LogP) is 3.54. The van der Waals surface area contributed by atoms with Gasteiger partial charge in [-0.1, -0.05) is 18.2 Å². The molecule has 6 nitrogen and oxygen atoms in total. The summed E-state index contributed by atoms with van der Waals surface area (Å²) in [7, 11) is 1.56. The Morgan fingerprint density at radius 3 is 2.85 bits per heavy atom. The highest BCUT2D eigenvalue weighted by Crippen LogP contribution is 2.37. The van der Waals surface area contributed by atoms with E-state index in [4.69, 9.17) is 9.47 Å². The lowest BCUT2D eigenvalue weighted by Gasteiger charge is -2.33. The third kappa shape index (κ3) is 2.84. The molecule has 1 aromatic carbocycles. The lowest BCUT2D eigenvalue weighted by atomic mass is 9.98. The zero-order valence-corrected chi connectivity index (χ0v) is 13.7. The van der Waals surface area contributed by atoms with Gasteiger partial charge in [0.25, 0.3) is 0 Å².